The Hall–Kier alpha value is -2.36. The summed E-state index contributed by atoms with van der Waals surface area (Å²) in [6.45, 7) is 4.27. The van der Waals surface area contributed by atoms with Crippen molar-refractivity contribution in [2.75, 3.05) is 20.3 Å². The van der Waals surface area contributed by atoms with E-state index in [-0.39, 0.29) is 12.5 Å². The number of hydrogen-bond donors (Lipinski definition) is 0. The van der Waals surface area contributed by atoms with Crippen LogP contribution < -0.4 is 9.47 Å². The first-order chi connectivity index (χ1) is 15.4. The highest BCUT2D eigenvalue weighted by atomic mass is 79.9. The predicted octanol–water partition coefficient (Wildman–Crippen LogP) is 5.36. The summed E-state index contributed by atoms with van der Waals surface area (Å²) in [6, 6.07) is 11.7. The fourth-order valence-electron chi connectivity index (χ4n) is 3.23. The van der Waals surface area contributed by atoms with Crippen LogP contribution in [0.15, 0.2) is 51.8 Å². The number of thiocarbonyl (C=S) groups is 1. The summed E-state index contributed by atoms with van der Waals surface area (Å²) in [5.74, 6) is 0.247. The summed E-state index contributed by atoms with van der Waals surface area (Å²) in [4.78, 5) is 27.8. The number of ether oxygens (including phenoxy) is 3. The molecule has 1 atom stereocenters. The van der Waals surface area contributed by atoms with E-state index < -0.39 is 12.0 Å². The molecule has 2 aromatic rings. The number of esters is 1. The lowest BCUT2D eigenvalue weighted by Crippen LogP contribution is -2.38. The third-order valence-electron chi connectivity index (χ3n) is 4.54. The summed E-state index contributed by atoms with van der Waals surface area (Å²) in [5, 5.41) is 0. The van der Waals surface area contributed by atoms with Crippen LogP contribution in [0.25, 0.3) is 6.08 Å². The van der Waals surface area contributed by atoms with Gasteiger partial charge in [-0.25, -0.2) is 4.79 Å². The fraction of sp³-hybridized carbons (Fsp3) is 0.261. The van der Waals surface area contributed by atoms with E-state index in [4.69, 9.17) is 26.4 Å². The van der Waals surface area contributed by atoms with Crippen molar-refractivity contribution >= 4 is 62.2 Å². The third kappa shape index (κ3) is 5.16. The van der Waals surface area contributed by atoms with Gasteiger partial charge in [0.05, 0.1) is 29.7 Å². The number of rotatable bonds is 8. The average Bonchev–Trinajstić information content (AvgIpc) is 3.03. The van der Waals surface area contributed by atoms with E-state index in [9.17, 15) is 9.59 Å². The average molecular weight is 536 g/mol. The molecular formula is C23H22BrNO5S2. The standard InChI is InChI=1S/C23H22BrNO5S2/c1-4-29-17-12-14(11-16(24)20(17)28-3)13-18-21(26)25(23(31)32-18)19(22(27)30-5-2)15-9-7-6-8-10-15/h6-13,19H,4-5H2,1-3H3/b18-13-. The highest BCUT2D eigenvalue weighted by Crippen LogP contribution is 2.41. The van der Waals surface area contributed by atoms with Crippen LogP contribution in [-0.2, 0) is 14.3 Å². The summed E-state index contributed by atoms with van der Waals surface area (Å²) in [6.07, 6.45) is 1.72. The molecule has 3 rings (SSSR count). The molecule has 0 aliphatic carbocycles. The maximum atomic E-state index is 13.3. The molecule has 1 saturated heterocycles. The van der Waals surface area contributed by atoms with Gasteiger partial charge in [-0.15, -0.1) is 0 Å². The fourth-order valence-corrected chi connectivity index (χ4v) is 5.17. The van der Waals surface area contributed by atoms with Crippen molar-refractivity contribution in [2.45, 2.75) is 19.9 Å². The Morgan fingerprint density at radius 2 is 1.94 bits per heavy atom. The second-order valence-corrected chi connectivity index (χ2v) is 9.11. The van der Waals surface area contributed by atoms with Crippen molar-refractivity contribution in [1.82, 2.24) is 4.90 Å². The molecule has 1 heterocycles. The van der Waals surface area contributed by atoms with Gasteiger partial charge in [0.1, 0.15) is 4.32 Å². The van der Waals surface area contributed by atoms with Crippen LogP contribution in [0, 0.1) is 0 Å². The van der Waals surface area contributed by atoms with Crippen LogP contribution in [0.3, 0.4) is 0 Å². The summed E-state index contributed by atoms with van der Waals surface area (Å²) in [5.41, 5.74) is 1.36. The van der Waals surface area contributed by atoms with Gasteiger partial charge < -0.3 is 14.2 Å². The van der Waals surface area contributed by atoms with Gasteiger partial charge in [-0.05, 0) is 59.1 Å². The SMILES string of the molecule is CCOC(=O)C(c1ccccc1)N1C(=O)/C(=C/c2cc(Br)c(OC)c(OCC)c2)SC1=S. The first-order valence-corrected chi connectivity index (χ1v) is 11.9. The van der Waals surface area contributed by atoms with Crippen LogP contribution >= 0.6 is 39.9 Å². The van der Waals surface area contributed by atoms with Crippen molar-refractivity contribution in [3.8, 4) is 11.5 Å². The highest BCUT2D eigenvalue weighted by Gasteiger charge is 2.42. The van der Waals surface area contributed by atoms with Crippen molar-refractivity contribution < 1.29 is 23.8 Å². The molecule has 0 radical (unpaired) electrons. The lowest BCUT2D eigenvalue weighted by Gasteiger charge is -2.25. The molecule has 1 amide bonds. The molecule has 1 aliphatic rings. The van der Waals surface area contributed by atoms with Gasteiger partial charge in [0.25, 0.3) is 5.91 Å². The predicted molar refractivity (Wildman–Crippen MR) is 133 cm³/mol. The number of carbonyl (C=O) groups excluding carboxylic acids is 2. The maximum absolute atomic E-state index is 13.3. The number of halogens is 1. The minimum atomic E-state index is -0.948. The van der Waals surface area contributed by atoms with Crippen LogP contribution in [0.5, 0.6) is 11.5 Å². The van der Waals surface area contributed by atoms with Crippen LogP contribution in [0.4, 0.5) is 0 Å². The molecule has 0 saturated carbocycles. The first-order valence-electron chi connectivity index (χ1n) is 9.90. The normalized spacial score (nSPS) is 15.8. The Morgan fingerprint density at radius 1 is 1.22 bits per heavy atom. The first kappa shape index (κ1) is 24.3. The number of carbonyl (C=O) groups is 2. The largest absolute Gasteiger partial charge is 0.492 e. The molecule has 1 unspecified atom stereocenters. The summed E-state index contributed by atoms with van der Waals surface area (Å²) < 4.78 is 17.3. The Kier molecular flexibility index (Phi) is 8.33. The van der Waals surface area contributed by atoms with E-state index in [2.05, 4.69) is 15.9 Å². The zero-order valence-electron chi connectivity index (χ0n) is 17.8. The van der Waals surface area contributed by atoms with Gasteiger partial charge in [-0.3, -0.25) is 9.69 Å². The number of amides is 1. The second-order valence-electron chi connectivity index (χ2n) is 6.58. The Balaban J connectivity index is 1.99. The van der Waals surface area contributed by atoms with Crippen molar-refractivity contribution in [3.05, 3.63) is 63.0 Å². The molecule has 1 fully saturated rings. The molecule has 32 heavy (non-hydrogen) atoms. The summed E-state index contributed by atoms with van der Waals surface area (Å²) in [7, 11) is 1.56. The van der Waals surface area contributed by atoms with Crippen LogP contribution in [-0.4, -0.2) is 41.4 Å². The molecule has 0 N–H and O–H groups in total. The quantitative estimate of drug-likeness (QED) is 0.256. The number of hydrogen-bond acceptors (Lipinski definition) is 7. The van der Waals surface area contributed by atoms with Crippen LogP contribution in [0.2, 0.25) is 0 Å². The number of nitrogens with zero attached hydrogens (tertiary/aromatic N) is 1. The molecular weight excluding hydrogens is 514 g/mol. The number of thioether (sulfide) groups is 1. The van der Waals surface area contributed by atoms with Gasteiger partial charge in [0.15, 0.2) is 17.5 Å². The molecule has 0 bridgehead atoms. The third-order valence-corrected chi connectivity index (χ3v) is 6.46. The van der Waals surface area contributed by atoms with Crippen molar-refractivity contribution in [1.29, 1.82) is 0 Å². The Bertz CT molecular complexity index is 1060. The van der Waals surface area contributed by atoms with Crippen molar-refractivity contribution in [2.24, 2.45) is 0 Å². The van der Waals surface area contributed by atoms with Gasteiger partial charge in [0.2, 0.25) is 0 Å². The molecule has 168 valence electrons. The maximum Gasteiger partial charge on any atom is 0.333 e. The van der Waals surface area contributed by atoms with E-state index in [1.807, 2.05) is 19.1 Å². The molecule has 9 heteroatoms. The van der Waals surface area contributed by atoms with Gasteiger partial charge in [-0.1, -0.05) is 54.3 Å². The van der Waals surface area contributed by atoms with Crippen molar-refractivity contribution in [3.63, 3.8) is 0 Å². The smallest absolute Gasteiger partial charge is 0.333 e. The molecule has 0 spiro atoms. The van der Waals surface area contributed by atoms with E-state index in [1.54, 1.807) is 50.4 Å². The lowest BCUT2D eigenvalue weighted by atomic mass is 10.1. The number of benzene rings is 2. The van der Waals surface area contributed by atoms with E-state index in [0.29, 0.717) is 37.4 Å². The minimum absolute atomic E-state index is 0.201. The lowest BCUT2D eigenvalue weighted by molar-refractivity contribution is -0.151. The molecule has 2 aromatic carbocycles. The number of methoxy groups -OCH3 is 1. The van der Waals surface area contributed by atoms with Gasteiger partial charge >= 0.3 is 5.97 Å². The van der Waals surface area contributed by atoms with E-state index >= 15 is 0 Å². The Morgan fingerprint density at radius 3 is 2.56 bits per heavy atom. The zero-order chi connectivity index (χ0) is 23.3. The van der Waals surface area contributed by atoms with E-state index in [0.717, 1.165) is 17.3 Å². The van der Waals surface area contributed by atoms with E-state index in [1.165, 1.54) is 4.90 Å². The molecule has 1 aliphatic heterocycles. The Labute approximate surface area is 205 Å². The van der Waals surface area contributed by atoms with Gasteiger partial charge in [0, 0.05) is 0 Å². The second kappa shape index (κ2) is 11.0. The highest BCUT2D eigenvalue weighted by molar-refractivity contribution is 9.10. The minimum Gasteiger partial charge on any atom is -0.492 e. The molecule has 6 nitrogen and oxygen atoms in total. The van der Waals surface area contributed by atoms with Gasteiger partial charge in [-0.2, -0.15) is 0 Å². The monoisotopic (exact) mass is 535 g/mol. The summed E-state index contributed by atoms with van der Waals surface area (Å²) >= 11 is 10.1. The zero-order valence-corrected chi connectivity index (χ0v) is 21.0. The topological polar surface area (TPSA) is 65.1 Å². The molecule has 0 aromatic heterocycles. The van der Waals surface area contributed by atoms with Crippen LogP contribution in [0.1, 0.15) is 31.0 Å².